The molecule has 0 saturated carbocycles. The van der Waals surface area contributed by atoms with Gasteiger partial charge in [-0.25, -0.2) is 0 Å². The van der Waals surface area contributed by atoms with Crippen LogP contribution in [-0.2, 0) is 11.4 Å². The van der Waals surface area contributed by atoms with Crippen molar-refractivity contribution in [1.82, 2.24) is 0 Å². The van der Waals surface area contributed by atoms with Gasteiger partial charge in [0.15, 0.2) is 0 Å². The van der Waals surface area contributed by atoms with Crippen molar-refractivity contribution < 1.29 is 14.3 Å². The van der Waals surface area contributed by atoms with Gasteiger partial charge in [0.1, 0.15) is 29.7 Å². The van der Waals surface area contributed by atoms with E-state index in [2.05, 4.69) is 5.32 Å². The molecular formula is C25H20Cl2N2O3. The van der Waals surface area contributed by atoms with E-state index in [1.54, 1.807) is 42.5 Å². The van der Waals surface area contributed by atoms with Gasteiger partial charge in [0.2, 0.25) is 0 Å². The highest BCUT2D eigenvalue weighted by atomic mass is 35.5. The molecule has 1 N–H and O–H groups in total. The van der Waals surface area contributed by atoms with Crippen molar-refractivity contribution in [3.8, 4) is 17.6 Å². The number of anilines is 1. The van der Waals surface area contributed by atoms with Crippen molar-refractivity contribution in [2.45, 2.75) is 13.5 Å². The van der Waals surface area contributed by atoms with Crippen LogP contribution in [0, 0.1) is 11.3 Å². The minimum absolute atomic E-state index is 0.00776. The molecule has 0 radical (unpaired) electrons. The molecule has 0 bridgehead atoms. The molecule has 0 spiro atoms. The molecule has 0 atom stereocenters. The summed E-state index contributed by atoms with van der Waals surface area (Å²) in [4.78, 5) is 12.5. The van der Waals surface area contributed by atoms with Crippen molar-refractivity contribution in [2.75, 3.05) is 11.9 Å². The Bertz CT molecular complexity index is 1170. The molecule has 0 unspecified atom stereocenters. The molecule has 5 nitrogen and oxygen atoms in total. The third-order valence-corrected chi connectivity index (χ3v) is 5.09. The Morgan fingerprint density at radius 3 is 2.44 bits per heavy atom. The van der Waals surface area contributed by atoms with Crippen molar-refractivity contribution in [1.29, 1.82) is 5.26 Å². The predicted octanol–water partition coefficient (Wildman–Crippen LogP) is 6.52. The van der Waals surface area contributed by atoms with E-state index in [-0.39, 0.29) is 5.57 Å². The van der Waals surface area contributed by atoms with Crippen LogP contribution >= 0.6 is 23.2 Å². The molecule has 1 amide bonds. The van der Waals surface area contributed by atoms with Crippen molar-refractivity contribution >= 4 is 40.9 Å². The van der Waals surface area contributed by atoms with E-state index in [4.69, 9.17) is 32.7 Å². The van der Waals surface area contributed by atoms with Crippen molar-refractivity contribution in [3.05, 3.63) is 93.5 Å². The molecule has 0 saturated heterocycles. The van der Waals surface area contributed by atoms with Crippen LogP contribution in [0.1, 0.15) is 18.1 Å². The normalized spacial score (nSPS) is 10.9. The van der Waals surface area contributed by atoms with E-state index < -0.39 is 5.91 Å². The van der Waals surface area contributed by atoms with Crippen LogP contribution in [0.4, 0.5) is 5.69 Å². The fourth-order valence-electron chi connectivity index (χ4n) is 2.79. The number of nitrogens with zero attached hydrogens (tertiary/aromatic N) is 1. The zero-order valence-corrected chi connectivity index (χ0v) is 18.8. The average molecular weight is 467 g/mol. The Morgan fingerprint density at radius 1 is 1.00 bits per heavy atom. The molecule has 3 aromatic carbocycles. The molecule has 0 aliphatic carbocycles. The second-order valence-corrected chi connectivity index (χ2v) is 7.51. The highest BCUT2D eigenvalue weighted by Gasteiger charge is 2.10. The second-order valence-electron chi connectivity index (χ2n) is 6.69. The SMILES string of the molecule is CCOc1cccc(NC(=O)C(C#N)=Cc2ccc(COc3ccc(Cl)c(Cl)c3)cc2)c1. The van der Waals surface area contributed by atoms with Gasteiger partial charge in [-0.05, 0) is 48.4 Å². The first-order valence-electron chi connectivity index (χ1n) is 9.81. The Labute approximate surface area is 196 Å². The Kier molecular flexibility index (Phi) is 8.15. The fraction of sp³-hybridized carbons (Fsp3) is 0.120. The zero-order valence-electron chi connectivity index (χ0n) is 17.3. The highest BCUT2D eigenvalue weighted by Crippen LogP contribution is 2.27. The molecule has 0 aliphatic heterocycles. The number of carbonyl (C=O) groups is 1. The van der Waals surface area contributed by atoms with E-state index in [0.717, 1.165) is 11.1 Å². The van der Waals surface area contributed by atoms with Gasteiger partial charge in [0.25, 0.3) is 5.91 Å². The summed E-state index contributed by atoms with van der Waals surface area (Å²) in [5.74, 6) is 0.764. The monoisotopic (exact) mass is 466 g/mol. The zero-order chi connectivity index (χ0) is 22.9. The van der Waals surface area contributed by atoms with E-state index in [1.807, 2.05) is 37.3 Å². The number of amides is 1. The van der Waals surface area contributed by atoms with Crippen molar-refractivity contribution in [3.63, 3.8) is 0 Å². The number of hydrogen-bond acceptors (Lipinski definition) is 4. The summed E-state index contributed by atoms with van der Waals surface area (Å²) in [6.45, 7) is 2.74. The summed E-state index contributed by atoms with van der Waals surface area (Å²) in [5, 5.41) is 13.1. The lowest BCUT2D eigenvalue weighted by molar-refractivity contribution is -0.112. The first-order valence-corrected chi connectivity index (χ1v) is 10.6. The third kappa shape index (κ3) is 6.52. The van der Waals surface area contributed by atoms with E-state index >= 15 is 0 Å². The van der Waals surface area contributed by atoms with Crippen molar-refractivity contribution in [2.24, 2.45) is 0 Å². The fourth-order valence-corrected chi connectivity index (χ4v) is 3.08. The highest BCUT2D eigenvalue weighted by molar-refractivity contribution is 6.42. The van der Waals surface area contributed by atoms with Gasteiger partial charge in [-0.2, -0.15) is 5.26 Å². The van der Waals surface area contributed by atoms with Gasteiger partial charge in [-0.15, -0.1) is 0 Å². The predicted molar refractivity (Wildman–Crippen MR) is 127 cm³/mol. The minimum atomic E-state index is -0.492. The number of benzene rings is 3. The molecule has 0 heterocycles. The number of nitrogens with one attached hydrogen (secondary N) is 1. The number of halogens is 2. The maximum Gasteiger partial charge on any atom is 0.266 e. The smallest absolute Gasteiger partial charge is 0.266 e. The summed E-state index contributed by atoms with van der Waals surface area (Å²) >= 11 is 11.9. The number of ether oxygens (including phenoxy) is 2. The van der Waals surface area contributed by atoms with Crippen LogP contribution in [0.2, 0.25) is 10.0 Å². The second kappa shape index (κ2) is 11.2. The average Bonchev–Trinajstić information content (AvgIpc) is 2.79. The van der Waals surface area contributed by atoms with Crippen LogP contribution in [-0.4, -0.2) is 12.5 Å². The van der Waals surface area contributed by atoms with Crippen LogP contribution in [0.3, 0.4) is 0 Å². The third-order valence-electron chi connectivity index (χ3n) is 4.36. The molecule has 0 aliphatic rings. The van der Waals surface area contributed by atoms with Gasteiger partial charge in [0.05, 0.1) is 16.7 Å². The van der Waals surface area contributed by atoms with Crippen LogP contribution in [0.5, 0.6) is 11.5 Å². The van der Waals surface area contributed by atoms with Gasteiger partial charge < -0.3 is 14.8 Å². The van der Waals surface area contributed by atoms with Gasteiger partial charge in [-0.1, -0.05) is 53.5 Å². The van der Waals surface area contributed by atoms with E-state index in [0.29, 0.717) is 40.4 Å². The van der Waals surface area contributed by atoms with Gasteiger partial charge in [-0.3, -0.25) is 4.79 Å². The molecule has 3 aromatic rings. The molecule has 7 heteroatoms. The van der Waals surface area contributed by atoms with Crippen LogP contribution < -0.4 is 14.8 Å². The number of nitriles is 1. The quantitative estimate of drug-likeness (QED) is 0.303. The summed E-state index contributed by atoms with van der Waals surface area (Å²) in [7, 11) is 0. The molecule has 32 heavy (non-hydrogen) atoms. The summed E-state index contributed by atoms with van der Waals surface area (Å²) < 4.78 is 11.1. The molecule has 3 rings (SSSR count). The maximum atomic E-state index is 12.5. The number of rotatable bonds is 8. The van der Waals surface area contributed by atoms with E-state index in [9.17, 15) is 10.1 Å². The van der Waals surface area contributed by atoms with Crippen LogP contribution in [0.25, 0.3) is 6.08 Å². The van der Waals surface area contributed by atoms with Gasteiger partial charge in [0, 0.05) is 17.8 Å². The lowest BCUT2D eigenvalue weighted by Crippen LogP contribution is -2.13. The summed E-state index contributed by atoms with van der Waals surface area (Å²) in [5.41, 5.74) is 2.19. The lowest BCUT2D eigenvalue weighted by atomic mass is 10.1. The molecular weight excluding hydrogens is 447 g/mol. The number of carbonyl (C=O) groups excluding carboxylic acids is 1. The first kappa shape index (κ1) is 23.2. The van der Waals surface area contributed by atoms with Gasteiger partial charge >= 0.3 is 0 Å². The summed E-state index contributed by atoms with van der Waals surface area (Å²) in [6.07, 6.45) is 1.53. The topological polar surface area (TPSA) is 71.3 Å². The Hall–Kier alpha value is -3.46. The standard InChI is InChI=1S/C25H20Cl2N2O3/c1-2-31-21-5-3-4-20(13-21)29-25(30)19(15-28)12-17-6-8-18(9-7-17)16-32-22-10-11-23(26)24(27)14-22/h3-14H,2,16H2,1H3,(H,29,30). The van der Waals surface area contributed by atoms with E-state index in [1.165, 1.54) is 6.08 Å². The first-order chi connectivity index (χ1) is 15.5. The minimum Gasteiger partial charge on any atom is -0.494 e. The Balaban J connectivity index is 1.64. The largest absolute Gasteiger partial charge is 0.494 e. The molecule has 0 fully saturated rings. The Morgan fingerprint density at radius 2 is 1.75 bits per heavy atom. The summed E-state index contributed by atoms with van der Waals surface area (Å²) in [6, 6.07) is 21.4. The number of hydrogen-bond donors (Lipinski definition) is 1. The lowest BCUT2D eigenvalue weighted by Gasteiger charge is -2.08. The molecule has 0 aromatic heterocycles. The maximum absolute atomic E-state index is 12.5. The van der Waals surface area contributed by atoms with Crippen LogP contribution in [0.15, 0.2) is 72.3 Å². The molecule has 162 valence electrons.